The van der Waals surface area contributed by atoms with Crippen molar-refractivity contribution in [3.63, 3.8) is 0 Å². The number of halogens is 3. The monoisotopic (exact) mass is 503 g/mol. The second-order valence-electron chi connectivity index (χ2n) is 7.66. The fraction of sp³-hybridized carbons (Fsp3) is 0.208. The highest BCUT2D eigenvalue weighted by atomic mass is 32.2. The first-order chi connectivity index (χ1) is 16.4. The zero-order chi connectivity index (χ0) is 25.9. The fourth-order valence-corrected chi connectivity index (χ4v) is 4.50. The topological polar surface area (TPSA) is 112 Å². The minimum absolute atomic E-state index is 0.0221. The van der Waals surface area contributed by atoms with Gasteiger partial charge in [0, 0.05) is 22.8 Å². The molecule has 0 spiro atoms. The molecule has 3 rings (SSSR count). The molecule has 0 saturated heterocycles. The van der Waals surface area contributed by atoms with Crippen molar-refractivity contribution in [2.45, 2.75) is 35.9 Å². The van der Waals surface area contributed by atoms with Crippen LogP contribution < -0.4 is 10.9 Å². The maximum absolute atomic E-state index is 13.4. The summed E-state index contributed by atoms with van der Waals surface area (Å²) >= 11 is 0. The number of pyridine rings is 1. The Balaban J connectivity index is 2.25. The molecule has 3 aromatic rings. The average Bonchev–Trinajstić information content (AvgIpc) is 2.82. The Morgan fingerprint density at radius 2 is 1.86 bits per heavy atom. The van der Waals surface area contributed by atoms with Gasteiger partial charge in [0.15, 0.2) is 0 Å². The number of nitrogens with zero attached hydrogens (tertiary/aromatic N) is 2. The van der Waals surface area contributed by atoms with Crippen molar-refractivity contribution >= 4 is 16.7 Å². The molecule has 0 aliphatic heterocycles. The smallest absolute Gasteiger partial charge is 0.392 e. The number of rotatable bonds is 6. The molecular weight excluding hydrogens is 483 g/mol. The van der Waals surface area contributed by atoms with E-state index in [-0.39, 0.29) is 27.7 Å². The van der Waals surface area contributed by atoms with Crippen LogP contribution in [0.25, 0.3) is 5.69 Å². The number of nitrogens with one attached hydrogen (secondary N) is 1. The lowest BCUT2D eigenvalue weighted by atomic mass is 10.1. The van der Waals surface area contributed by atoms with Gasteiger partial charge in [0.25, 0.3) is 11.5 Å². The molecule has 0 fully saturated rings. The van der Waals surface area contributed by atoms with Crippen molar-refractivity contribution in [1.29, 1.82) is 5.26 Å². The third kappa shape index (κ3) is 5.67. The number of hydrogen-bond acceptors (Lipinski definition) is 5. The fourth-order valence-electron chi connectivity index (χ4n) is 3.28. The van der Waals surface area contributed by atoms with Crippen molar-refractivity contribution in [1.82, 2.24) is 9.88 Å². The third-order valence-electron chi connectivity index (χ3n) is 5.03. The molecule has 1 unspecified atom stereocenters. The Morgan fingerprint density at radius 3 is 2.43 bits per heavy atom. The van der Waals surface area contributed by atoms with Gasteiger partial charge in [-0.05, 0) is 62.4 Å². The van der Waals surface area contributed by atoms with Crippen molar-refractivity contribution < 1.29 is 27.3 Å². The Labute approximate surface area is 200 Å². The van der Waals surface area contributed by atoms with E-state index in [1.807, 2.05) is 6.07 Å². The number of carbonyl (C=O) groups excluding carboxylic acids is 1. The first-order valence-corrected chi connectivity index (χ1v) is 11.4. The summed E-state index contributed by atoms with van der Waals surface area (Å²) in [7, 11) is -1.94. The summed E-state index contributed by atoms with van der Waals surface area (Å²) in [5.41, 5.74) is -2.12. The highest BCUT2D eigenvalue weighted by Gasteiger charge is 2.31. The number of aromatic nitrogens is 1. The number of carbonyl (C=O) groups is 1. The van der Waals surface area contributed by atoms with Crippen LogP contribution in [-0.2, 0) is 17.0 Å². The summed E-state index contributed by atoms with van der Waals surface area (Å²) in [6, 6.07) is 12.9. The molecule has 0 saturated carbocycles. The second kappa shape index (κ2) is 10.2. The van der Waals surface area contributed by atoms with Gasteiger partial charge in [-0.15, -0.1) is 0 Å². The summed E-state index contributed by atoms with van der Waals surface area (Å²) in [6.45, 7) is 2.65. The number of amides is 1. The first kappa shape index (κ1) is 25.9. The van der Waals surface area contributed by atoms with Crippen molar-refractivity contribution in [3.8, 4) is 11.8 Å². The highest BCUT2D eigenvalue weighted by molar-refractivity contribution is 7.85. The van der Waals surface area contributed by atoms with Gasteiger partial charge in [0.1, 0.15) is 5.56 Å². The zero-order valence-corrected chi connectivity index (χ0v) is 19.4. The highest BCUT2D eigenvalue weighted by Crippen LogP contribution is 2.31. The summed E-state index contributed by atoms with van der Waals surface area (Å²) in [5, 5.41) is 20.8. The number of nitriles is 1. The van der Waals surface area contributed by atoms with E-state index in [4.69, 9.17) is 5.26 Å². The molecule has 1 heterocycles. The minimum Gasteiger partial charge on any atom is -0.392 e. The van der Waals surface area contributed by atoms with E-state index in [1.165, 1.54) is 44.2 Å². The quantitative estimate of drug-likeness (QED) is 0.536. The predicted octanol–water partition coefficient (Wildman–Crippen LogP) is 3.31. The summed E-state index contributed by atoms with van der Waals surface area (Å²) in [6.07, 6.45) is -5.59. The Hall–Kier alpha value is -3.75. The summed E-state index contributed by atoms with van der Waals surface area (Å²) in [4.78, 5) is 26.3. The van der Waals surface area contributed by atoms with Crippen LogP contribution in [0.5, 0.6) is 0 Å². The van der Waals surface area contributed by atoms with Crippen LogP contribution in [0.2, 0.25) is 0 Å². The number of aliphatic hydroxyl groups excluding tert-OH is 1. The first-order valence-electron chi connectivity index (χ1n) is 10.3. The van der Waals surface area contributed by atoms with Crippen molar-refractivity contribution in [3.05, 3.63) is 87.3 Å². The maximum atomic E-state index is 13.4. The predicted molar refractivity (Wildman–Crippen MR) is 122 cm³/mol. The lowest BCUT2D eigenvalue weighted by Crippen LogP contribution is -2.37. The molecule has 182 valence electrons. The van der Waals surface area contributed by atoms with Crippen LogP contribution in [0.4, 0.5) is 13.2 Å². The van der Waals surface area contributed by atoms with Gasteiger partial charge < -0.3 is 10.4 Å². The number of alkyl halides is 3. The van der Waals surface area contributed by atoms with Crippen LogP contribution >= 0.6 is 0 Å². The van der Waals surface area contributed by atoms with E-state index in [0.29, 0.717) is 5.56 Å². The van der Waals surface area contributed by atoms with Crippen LogP contribution in [0.3, 0.4) is 0 Å². The molecule has 1 aromatic heterocycles. The molecule has 35 heavy (non-hydrogen) atoms. The van der Waals surface area contributed by atoms with Gasteiger partial charge in [0.05, 0.1) is 39.0 Å². The van der Waals surface area contributed by atoms with Crippen molar-refractivity contribution in [2.24, 2.45) is 0 Å². The number of aliphatic hydroxyl groups is 1. The lowest BCUT2D eigenvalue weighted by Gasteiger charge is -2.18. The van der Waals surface area contributed by atoms with Gasteiger partial charge in [-0.1, -0.05) is 6.07 Å². The number of benzene rings is 2. The maximum Gasteiger partial charge on any atom is 0.416 e. The Morgan fingerprint density at radius 1 is 1.20 bits per heavy atom. The van der Waals surface area contributed by atoms with E-state index in [9.17, 15) is 32.1 Å². The summed E-state index contributed by atoms with van der Waals surface area (Å²) in [5.74, 6) is -0.880. The van der Waals surface area contributed by atoms with Crippen LogP contribution in [0.1, 0.15) is 34.1 Å². The zero-order valence-electron chi connectivity index (χ0n) is 18.6. The molecule has 0 aliphatic rings. The lowest BCUT2D eigenvalue weighted by molar-refractivity contribution is -0.137. The Bertz CT molecular complexity index is 1390. The molecule has 2 N–H and O–H groups in total. The van der Waals surface area contributed by atoms with Crippen LogP contribution in [-0.4, -0.2) is 32.4 Å². The average molecular weight is 504 g/mol. The normalized spacial score (nSPS) is 13.1. The van der Waals surface area contributed by atoms with Gasteiger partial charge >= 0.3 is 6.18 Å². The molecule has 11 heteroatoms. The molecule has 2 atom stereocenters. The van der Waals surface area contributed by atoms with Crippen molar-refractivity contribution in [2.75, 3.05) is 6.54 Å². The summed E-state index contributed by atoms with van der Waals surface area (Å²) < 4.78 is 54.2. The van der Waals surface area contributed by atoms with Gasteiger partial charge in [0.2, 0.25) is 0 Å². The minimum atomic E-state index is -4.67. The molecule has 1 amide bonds. The standard InChI is InChI=1S/C24H20F3N3O4S/c1-14(31)13-29-22(32)20-11-21(35(34)19-8-6-16(12-28)7-9-19)15(2)30(23(20)33)18-5-3-4-17(10-18)24(25,26)27/h3-11,14,31H,13H2,1-2H3,(H,29,32)/t14-,35?/m0/s1. The molecule has 0 aliphatic carbocycles. The van der Waals surface area contributed by atoms with Crippen LogP contribution in [0.15, 0.2) is 69.2 Å². The van der Waals surface area contributed by atoms with Gasteiger partial charge in [-0.25, -0.2) is 4.21 Å². The van der Waals surface area contributed by atoms with E-state index >= 15 is 0 Å². The van der Waals surface area contributed by atoms with Crippen LogP contribution in [0, 0.1) is 18.3 Å². The Kier molecular flexibility index (Phi) is 7.57. The third-order valence-corrected chi connectivity index (χ3v) is 6.55. The van der Waals surface area contributed by atoms with E-state index in [2.05, 4.69) is 5.32 Å². The van der Waals surface area contributed by atoms with E-state index < -0.39 is 45.7 Å². The molecular formula is C24H20F3N3O4S. The molecule has 2 aromatic carbocycles. The second-order valence-corrected chi connectivity index (χ2v) is 9.11. The molecule has 0 radical (unpaired) electrons. The van der Waals surface area contributed by atoms with Gasteiger partial charge in [-0.3, -0.25) is 14.2 Å². The molecule has 0 bridgehead atoms. The largest absolute Gasteiger partial charge is 0.416 e. The molecule has 7 nitrogen and oxygen atoms in total. The van der Waals surface area contributed by atoms with E-state index in [1.54, 1.807) is 0 Å². The van der Waals surface area contributed by atoms with Gasteiger partial charge in [-0.2, -0.15) is 18.4 Å². The SMILES string of the molecule is Cc1c(S(=O)c2ccc(C#N)cc2)cc(C(=O)NC[C@H](C)O)c(=O)n1-c1cccc(C(F)(F)F)c1. The van der Waals surface area contributed by atoms with E-state index in [0.717, 1.165) is 28.8 Å². The number of hydrogen-bond donors (Lipinski definition) is 2.